The summed E-state index contributed by atoms with van der Waals surface area (Å²) in [6, 6.07) is 14.3. The lowest BCUT2D eigenvalue weighted by molar-refractivity contribution is -0.136. The molecule has 4 rings (SSSR count). The van der Waals surface area contributed by atoms with E-state index in [0.29, 0.717) is 18.2 Å². The zero-order valence-corrected chi connectivity index (χ0v) is 20.8. The molecule has 0 aliphatic carbocycles. The van der Waals surface area contributed by atoms with E-state index in [-0.39, 0.29) is 6.04 Å². The second kappa shape index (κ2) is 10.6. The Morgan fingerprint density at radius 1 is 0.882 bits per heavy atom. The molecule has 0 aromatic heterocycles. The van der Waals surface area contributed by atoms with Gasteiger partial charge in [-0.05, 0) is 54.3 Å². The van der Waals surface area contributed by atoms with Crippen LogP contribution < -0.4 is 15.5 Å². The molecular weight excluding hydrogens is 426 g/mol. The summed E-state index contributed by atoms with van der Waals surface area (Å²) in [5.74, 6) is -0.822. The summed E-state index contributed by atoms with van der Waals surface area (Å²) in [6.07, 6.45) is 1.04. The Bertz CT molecular complexity index is 1010. The molecule has 2 heterocycles. The zero-order valence-electron chi connectivity index (χ0n) is 20.8. The van der Waals surface area contributed by atoms with E-state index in [9.17, 15) is 9.59 Å². The number of nitrogens with zero attached hydrogens (tertiary/aromatic N) is 3. The van der Waals surface area contributed by atoms with Gasteiger partial charge in [0.15, 0.2) is 0 Å². The number of piperazine rings is 1. The minimum atomic E-state index is -0.634. The van der Waals surface area contributed by atoms with Crippen LogP contribution in [0.15, 0.2) is 42.5 Å². The largest absolute Gasteiger partial charge is 0.374 e. The van der Waals surface area contributed by atoms with Crippen molar-refractivity contribution in [2.75, 3.05) is 63.6 Å². The van der Waals surface area contributed by atoms with Gasteiger partial charge in [-0.3, -0.25) is 14.5 Å². The molecule has 0 saturated carbocycles. The maximum Gasteiger partial charge on any atom is 0.313 e. The molecule has 2 N–H and O–H groups in total. The van der Waals surface area contributed by atoms with Crippen LogP contribution in [0.5, 0.6) is 0 Å². The summed E-state index contributed by atoms with van der Waals surface area (Å²) in [5.41, 5.74) is 5.66. The number of carbonyl (C=O) groups is 2. The van der Waals surface area contributed by atoms with Crippen LogP contribution in [0.4, 0.5) is 11.4 Å². The average molecular weight is 464 g/mol. The summed E-state index contributed by atoms with van der Waals surface area (Å²) >= 11 is 0. The van der Waals surface area contributed by atoms with Crippen LogP contribution in [0, 0.1) is 0 Å². The van der Waals surface area contributed by atoms with Gasteiger partial charge in [0.2, 0.25) is 0 Å². The van der Waals surface area contributed by atoms with E-state index < -0.39 is 11.8 Å². The first-order chi connectivity index (χ1) is 16.3. The minimum absolute atomic E-state index is 0.0342. The Morgan fingerprint density at radius 3 is 2.24 bits per heavy atom. The van der Waals surface area contributed by atoms with Crippen molar-refractivity contribution >= 4 is 23.2 Å². The highest BCUT2D eigenvalue weighted by molar-refractivity contribution is 6.39. The fourth-order valence-electron chi connectivity index (χ4n) is 4.79. The zero-order chi connectivity index (χ0) is 24.2. The molecule has 2 aromatic rings. The standard InChI is InChI=1S/C27H37N5O2/c1-19(2)20-5-8-23(9-6-20)29-27(34)26(33)28-18-25(32-15-13-30(3)14-16-32)21-7-10-24-22(17-21)11-12-31(24)4/h5-10,17,19,25H,11-16,18H2,1-4H3,(H,28,33)(H,29,34). The number of likely N-dealkylation sites (N-methyl/N-ethyl adjacent to an activating group) is 2. The van der Waals surface area contributed by atoms with Crippen LogP contribution in [0.1, 0.15) is 42.5 Å². The maximum atomic E-state index is 12.7. The number of hydrogen-bond donors (Lipinski definition) is 2. The highest BCUT2D eigenvalue weighted by Crippen LogP contribution is 2.31. The fourth-order valence-corrected chi connectivity index (χ4v) is 4.79. The Kier molecular flexibility index (Phi) is 7.54. The first-order valence-corrected chi connectivity index (χ1v) is 12.3. The van der Waals surface area contributed by atoms with Crippen LogP contribution in [-0.2, 0) is 16.0 Å². The van der Waals surface area contributed by atoms with Crippen molar-refractivity contribution in [2.24, 2.45) is 0 Å². The van der Waals surface area contributed by atoms with E-state index in [1.807, 2.05) is 24.3 Å². The van der Waals surface area contributed by atoms with Gasteiger partial charge < -0.3 is 20.4 Å². The molecule has 1 unspecified atom stereocenters. The third-order valence-corrected chi connectivity index (χ3v) is 7.09. The number of amides is 2. The molecule has 7 nitrogen and oxygen atoms in total. The SMILES string of the molecule is CC(C)c1ccc(NC(=O)C(=O)NCC(c2ccc3c(c2)CCN3C)N2CCN(C)CC2)cc1. The van der Waals surface area contributed by atoms with E-state index in [1.54, 1.807) is 0 Å². The van der Waals surface area contributed by atoms with Gasteiger partial charge in [0, 0.05) is 57.7 Å². The average Bonchev–Trinajstić information content (AvgIpc) is 3.20. The number of benzene rings is 2. The molecule has 2 aromatic carbocycles. The van der Waals surface area contributed by atoms with E-state index in [0.717, 1.165) is 39.1 Å². The number of hydrogen-bond acceptors (Lipinski definition) is 5. The van der Waals surface area contributed by atoms with Crippen molar-refractivity contribution in [3.05, 3.63) is 59.2 Å². The molecule has 7 heteroatoms. The number of nitrogens with one attached hydrogen (secondary N) is 2. The quantitative estimate of drug-likeness (QED) is 0.645. The Labute approximate surface area is 203 Å². The van der Waals surface area contributed by atoms with Gasteiger partial charge in [-0.25, -0.2) is 0 Å². The molecule has 2 amide bonds. The number of anilines is 2. The molecular formula is C27H37N5O2. The highest BCUT2D eigenvalue weighted by atomic mass is 16.2. The summed E-state index contributed by atoms with van der Waals surface area (Å²) in [7, 11) is 4.26. The Hall–Kier alpha value is -2.90. The minimum Gasteiger partial charge on any atom is -0.374 e. The second-order valence-electron chi connectivity index (χ2n) is 9.86. The first-order valence-electron chi connectivity index (χ1n) is 12.3. The maximum absolute atomic E-state index is 12.7. The van der Waals surface area contributed by atoms with Gasteiger partial charge in [-0.1, -0.05) is 38.1 Å². The predicted molar refractivity (Wildman–Crippen MR) is 137 cm³/mol. The Balaban J connectivity index is 1.43. The smallest absolute Gasteiger partial charge is 0.313 e. The van der Waals surface area contributed by atoms with Gasteiger partial charge >= 0.3 is 11.8 Å². The number of fused-ring (bicyclic) bond motifs is 1. The molecule has 1 saturated heterocycles. The second-order valence-corrected chi connectivity index (χ2v) is 9.86. The summed E-state index contributed by atoms with van der Waals surface area (Å²) < 4.78 is 0. The number of rotatable bonds is 6. The van der Waals surface area contributed by atoms with Crippen molar-refractivity contribution in [1.82, 2.24) is 15.1 Å². The third kappa shape index (κ3) is 5.59. The van der Waals surface area contributed by atoms with Crippen molar-refractivity contribution < 1.29 is 9.59 Å². The molecule has 2 aliphatic heterocycles. The van der Waals surface area contributed by atoms with Gasteiger partial charge in [0.05, 0.1) is 6.04 Å². The van der Waals surface area contributed by atoms with Gasteiger partial charge in [0.1, 0.15) is 0 Å². The molecule has 1 fully saturated rings. The molecule has 0 radical (unpaired) electrons. The van der Waals surface area contributed by atoms with Crippen molar-refractivity contribution in [1.29, 1.82) is 0 Å². The van der Waals surface area contributed by atoms with Crippen molar-refractivity contribution in [2.45, 2.75) is 32.2 Å². The van der Waals surface area contributed by atoms with E-state index in [2.05, 4.69) is 71.5 Å². The van der Waals surface area contributed by atoms with Gasteiger partial charge in [0.25, 0.3) is 0 Å². The third-order valence-electron chi connectivity index (χ3n) is 7.09. The summed E-state index contributed by atoms with van der Waals surface area (Å²) in [6.45, 7) is 9.53. The van der Waals surface area contributed by atoms with Crippen molar-refractivity contribution in [3.8, 4) is 0 Å². The van der Waals surface area contributed by atoms with E-state index >= 15 is 0 Å². The summed E-state index contributed by atoms with van der Waals surface area (Å²) in [4.78, 5) is 32.2. The molecule has 0 bridgehead atoms. The van der Waals surface area contributed by atoms with Crippen LogP contribution in [0.3, 0.4) is 0 Å². The molecule has 1 atom stereocenters. The number of carbonyl (C=O) groups excluding carboxylic acids is 2. The van der Waals surface area contributed by atoms with Crippen LogP contribution >= 0.6 is 0 Å². The molecule has 2 aliphatic rings. The predicted octanol–water partition coefficient (Wildman–Crippen LogP) is 2.85. The first kappa shape index (κ1) is 24.2. The van der Waals surface area contributed by atoms with E-state index in [4.69, 9.17) is 0 Å². The van der Waals surface area contributed by atoms with Crippen LogP contribution in [0.2, 0.25) is 0 Å². The molecule has 34 heavy (non-hydrogen) atoms. The molecule has 0 spiro atoms. The van der Waals surface area contributed by atoms with Gasteiger partial charge in [-0.15, -0.1) is 0 Å². The Morgan fingerprint density at radius 2 is 1.56 bits per heavy atom. The summed E-state index contributed by atoms with van der Waals surface area (Å²) in [5, 5.41) is 5.62. The lowest BCUT2D eigenvalue weighted by atomic mass is 10.00. The van der Waals surface area contributed by atoms with E-state index in [1.165, 1.54) is 22.4 Å². The van der Waals surface area contributed by atoms with Gasteiger partial charge in [-0.2, -0.15) is 0 Å². The van der Waals surface area contributed by atoms with Crippen LogP contribution in [0.25, 0.3) is 0 Å². The lowest BCUT2D eigenvalue weighted by Gasteiger charge is -2.38. The fraction of sp³-hybridized carbons (Fsp3) is 0.481. The van der Waals surface area contributed by atoms with Crippen LogP contribution in [-0.4, -0.2) is 75.0 Å². The normalized spacial score (nSPS) is 17.5. The van der Waals surface area contributed by atoms with Crippen molar-refractivity contribution in [3.63, 3.8) is 0 Å². The lowest BCUT2D eigenvalue weighted by Crippen LogP contribution is -2.49. The highest BCUT2D eigenvalue weighted by Gasteiger charge is 2.27. The molecule has 182 valence electrons. The topological polar surface area (TPSA) is 67.9 Å². The monoisotopic (exact) mass is 463 g/mol.